The van der Waals surface area contributed by atoms with Gasteiger partial charge < -0.3 is 15.2 Å². The molecule has 17 heavy (non-hydrogen) atoms. The lowest BCUT2D eigenvalue weighted by Gasteiger charge is -2.35. The van der Waals surface area contributed by atoms with Crippen molar-refractivity contribution >= 4 is 0 Å². The molecule has 5 heteroatoms. The van der Waals surface area contributed by atoms with Crippen molar-refractivity contribution in [1.29, 1.82) is 0 Å². The van der Waals surface area contributed by atoms with Crippen LogP contribution in [0.2, 0.25) is 0 Å². The van der Waals surface area contributed by atoms with Crippen molar-refractivity contribution in [2.75, 3.05) is 27.2 Å². The van der Waals surface area contributed by atoms with Gasteiger partial charge in [0.25, 0.3) is 0 Å². The number of nitrogens with two attached hydrogens (primary N) is 1. The Morgan fingerprint density at radius 1 is 1.59 bits per heavy atom. The van der Waals surface area contributed by atoms with Crippen LogP contribution in [0.5, 0.6) is 0 Å². The third-order valence-corrected chi connectivity index (χ3v) is 3.41. The van der Waals surface area contributed by atoms with Crippen molar-refractivity contribution in [3.8, 4) is 0 Å². The summed E-state index contributed by atoms with van der Waals surface area (Å²) in [5, 5.41) is 3.92. The summed E-state index contributed by atoms with van der Waals surface area (Å²) in [6, 6.07) is 2.61. The molecule has 1 aromatic heterocycles. The van der Waals surface area contributed by atoms with Gasteiger partial charge in [-0.1, -0.05) is 5.16 Å². The van der Waals surface area contributed by atoms with Crippen LogP contribution in [-0.4, -0.2) is 48.2 Å². The number of likely N-dealkylation sites (N-methyl/N-ethyl adjacent to an activating group) is 1. The van der Waals surface area contributed by atoms with Crippen LogP contribution >= 0.6 is 0 Å². The first-order valence-electron chi connectivity index (χ1n) is 6.22. The Bertz CT molecular complexity index is 350. The van der Waals surface area contributed by atoms with Gasteiger partial charge in [0.05, 0.1) is 12.2 Å². The Labute approximate surface area is 103 Å². The predicted octanol–water partition coefficient (Wildman–Crippen LogP) is 0.659. The fourth-order valence-electron chi connectivity index (χ4n) is 2.34. The number of hydrogen-bond donors (Lipinski definition) is 1. The predicted molar refractivity (Wildman–Crippen MR) is 66.4 cm³/mol. The first-order valence-corrected chi connectivity index (χ1v) is 6.22. The van der Waals surface area contributed by atoms with E-state index in [0.717, 1.165) is 31.1 Å². The van der Waals surface area contributed by atoms with E-state index in [0.29, 0.717) is 12.6 Å². The number of hydrogen-bond acceptors (Lipinski definition) is 5. The third-order valence-electron chi connectivity index (χ3n) is 3.41. The monoisotopic (exact) mass is 238 g/mol. The van der Waals surface area contributed by atoms with Crippen LogP contribution in [0, 0.1) is 0 Å². The van der Waals surface area contributed by atoms with Crippen LogP contribution in [0.1, 0.15) is 24.3 Å². The highest BCUT2D eigenvalue weighted by Gasteiger charge is 2.22. The van der Waals surface area contributed by atoms with Crippen molar-refractivity contribution in [2.45, 2.75) is 32.0 Å². The van der Waals surface area contributed by atoms with Crippen LogP contribution in [0.25, 0.3) is 0 Å². The number of likely N-dealkylation sites (tertiary alicyclic amines) is 1. The summed E-state index contributed by atoms with van der Waals surface area (Å²) in [4.78, 5) is 4.73. The number of piperidine rings is 1. The van der Waals surface area contributed by atoms with E-state index >= 15 is 0 Å². The number of rotatable bonds is 4. The van der Waals surface area contributed by atoms with E-state index in [2.05, 4.69) is 29.1 Å². The van der Waals surface area contributed by atoms with E-state index in [1.165, 1.54) is 12.8 Å². The van der Waals surface area contributed by atoms with Crippen molar-refractivity contribution in [3.05, 3.63) is 17.5 Å². The lowest BCUT2D eigenvalue weighted by Crippen LogP contribution is -2.44. The third kappa shape index (κ3) is 3.28. The van der Waals surface area contributed by atoms with Gasteiger partial charge in [-0.25, -0.2) is 0 Å². The molecule has 1 atom stereocenters. The van der Waals surface area contributed by atoms with Crippen molar-refractivity contribution < 1.29 is 4.52 Å². The number of aromatic nitrogens is 1. The molecule has 5 nitrogen and oxygen atoms in total. The molecule has 1 aliphatic heterocycles. The lowest BCUT2D eigenvalue weighted by atomic mass is 10.0. The quantitative estimate of drug-likeness (QED) is 0.835. The minimum absolute atomic E-state index is 0.448. The van der Waals surface area contributed by atoms with E-state index in [1.807, 2.05) is 6.07 Å². The molecule has 1 aromatic rings. The molecule has 0 saturated carbocycles. The number of nitrogens with zero attached hydrogens (tertiary/aromatic N) is 3. The highest BCUT2D eigenvalue weighted by molar-refractivity contribution is 5.05. The minimum atomic E-state index is 0.448. The minimum Gasteiger partial charge on any atom is -0.360 e. The first kappa shape index (κ1) is 12.5. The zero-order chi connectivity index (χ0) is 12.3. The smallest absolute Gasteiger partial charge is 0.151 e. The normalized spacial score (nSPS) is 22.2. The van der Waals surface area contributed by atoms with Gasteiger partial charge in [0.1, 0.15) is 0 Å². The van der Waals surface area contributed by atoms with E-state index in [9.17, 15) is 0 Å². The van der Waals surface area contributed by atoms with Crippen molar-refractivity contribution in [3.63, 3.8) is 0 Å². The van der Waals surface area contributed by atoms with Gasteiger partial charge in [-0.3, -0.25) is 4.90 Å². The molecule has 1 fully saturated rings. The van der Waals surface area contributed by atoms with Crippen LogP contribution in [0.3, 0.4) is 0 Å². The highest BCUT2D eigenvalue weighted by Crippen LogP contribution is 2.16. The summed E-state index contributed by atoms with van der Waals surface area (Å²) in [5.41, 5.74) is 6.35. The molecule has 1 unspecified atom stereocenters. The molecule has 1 aliphatic rings. The summed E-state index contributed by atoms with van der Waals surface area (Å²) in [5.74, 6) is 0.921. The second-order valence-electron chi connectivity index (χ2n) is 4.98. The fraction of sp³-hybridized carbons (Fsp3) is 0.750. The Balaban J connectivity index is 1.90. The van der Waals surface area contributed by atoms with E-state index in [4.69, 9.17) is 10.3 Å². The standard InChI is InChI=1S/C12H22N4O/c1-15(2)11-4-3-5-16(8-11)9-12-6-10(7-13)14-17-12/h6,11H,3-5,7-9,13H2,1-2H3. The van der Waals surface area contributed by atoms with Gasteiger partial charge in [0.15, 0.2) is 5.76 Å². The molecule has 2 heterocycles. The Morgan fingerprint density at radius 3 is 3.06 bits per heavy atom. The summed E-state index contributed by atoms with van der Waals surface area (Å²) in [6.07, 6.45) is 2.54. The molecule has 0 aliphatic carbocycles. The largest absolute Gasteiger partial charge is 0.360 e. The van der Waals surface area contributed by atoms with Gasteiger partial charge in [0, 0.05) is 25.2 Å². The molecule has 0 aromatic carbocycles. The van der Waals surface area contributed by atoms with Crippen LogP contribution in [0.4, 0.5) is 0 Å². The molecular weight excluding hydrogens is 216 g/mol. The first-order chi connectivity index (χ1) is 8.19. The van der Waals surface area contributed by atoms with E-state index in [-0.39, 0.29) is 0 Å². The Hall–Kier alpha value is -0.910. The summed E-state index contributed by atoms with van der Waals surface area (Å²) in [7, 11) is 4.30. The molecule has 2 N–H and O–H groups in total. The maximum atomic E-state index is 5.52. The van der Waals surface area contributed by atoms with Crippen LogP contribution < -0.4 is 5.73 Å². The Kier molecular flexibility index (Phi) is 4.15. The fourth-order valence-corrected chi connectivity index (χ4v) is 2.34. The topological polar surface area (TPSA) is 58.5 Å². The van der Waals surface area contributed by atoms with Gasteiger partial charge >= 0.3 is 0 Å². The maximum absolute atomic E-state index is 5.52. The van der Waals surface area contributed by atoms with Gasteiger partial charge in [-0.15, -0.1) is 0 Å². The zero-order valence-electron chi connectivity index (χ0n) is 10.7. The molecule has 2 rings (SSSR count). The second kappa shape index (κ2) is 5.62. The molecule has 0 amide bonds. The maximum Gasteiger partial charge on any atom is 0.151 e. The van der Waals surface area contributed by atoms with Gasteiger partial charge in [-0.2, -0.15) is 0 Å². The SMILES string of the molecule is CN(C)C1CCCN(Cc2cc(CN)no2)C1. The molecule has 0 bridgehead atoms. The van der Waals surface area contributed by atoms with E-state index in [1.54, 1.807) is 0 Å². The average Bonchev–Trinajstić information content (AvgIpc) is 2.77. The van der Waals surface area contributed by atoms with Crippen molar-refractivity contribution in [1.82, 2.24) is 15.0 Å². The molecule has 1 saturated heterocycles. The van der Waals surface area contributed by atoms with Crippen molar-refractivity contribution in [2.24, 2.45) is 5.73 Å². The van der Waals surface area contributed by atoms with Crippen LogP contribution in [0.15, 0.2) is 10.6 Å². The molecule has 0 spiro atoms. The van der Waals surface area contributed by atoms with E-state index < -0.39 is 0 Å². The highest BCUT2D eigenvalue weighted by atomic mass is 16.5. The summed E-state index contributed by atoms with van der Waals surface area (Å²) < 4.78 is 5.27. The summed E-state index contributed by atoms with van der Waals surface area (Å²) >= 11 is 0. The molecular formula is C12H22N4O. The lowest BCUT2D eigenvalue weighted by molar-refractivity contribution is 0.119. The zero-order valence-corrected chi connectivity index (χ0v) is 10.7. The summed E-state index contributed by atoms with van der Waals surface area (Å²) in [6.45, 7) is 3.54. The average molecular weight is 238 g/mol. The molecule has 0 radical (unpaired) electrons. The second-order valence-corrected chi connectivity index (χ2v) is 4.98. The van der Waals surface area contributed by atoms with Crippen LogP contribution in [-0.2, 0) is 13.1 Å². The molecule has 96 valence electrons. The Morgan fingerprint density at radius 2 is 2.41 bits per heavy atom. The van der Waals surface area contributed by atoms with Gasteiger partial charge in [-0.05, 0) is 33.5 Å². The van der Waals surface area contributed by atoms with Gasteiger partial charge in [0.2, 0.25) is 0 Å².